The van der Waals surface area contributed by atoms with Crippen molar-refractivity contribution in [3.63, 3.8) is 0 Å². The third-order valence-electron chi connectivity index (χ3n) is 7.17. The van der Waals surface area contributed by atoms with Crippen molar-refractivity contribution in [1.29, 1.82) is 0 Å². The van der Waals surface area contributed by atoms with Crippen LogP contribution in [-0.2, 0) is 30.5 Å². The van der Waals surface area contributed by atoms with Crippen molar-refractivity contribution in [3.05, 3.63) is 30.1 Å². The molecular weight excluding hydrogens is 667 g/mol. The van der Waals surface area contributed by atoms with E-state index in [0.717, 1.165) is 64.3 Å². The van der Waals surface area contributed by atoms with E-state index in [-0.39, 0.29) is 5.54 Å². The molecule has 0 radical (unpaired) electrons. The molecule has 1 aromatic heterocycles. The molecule has 1 unspecified atom stereocenters. The maximum absolute atomic E-state index is 13.4. The first-order valence-corrected chi connectivity index (χ1v) is 13.6. The fourth-order valence-corrected chi connectivity index (χ4v) is 4.70. The zero-order chi connectivity index (χ0) is 36.2. The molecule has 3 saturated heterocycles. The highest BCUT2D eigenvalue weighted by Crippen LogP contribution is 2.34. The van der Waals surface area contributed by atoms with Crippen LogP contribution in [-0.4, -0.2) is 136 Å². The summed E-state index contributed by atoms with van der Waals surface area (Å²) in [5.74, 6) is -7.29. The minimum Gasteiger partial charge on any atom is -0.475 e. The number of hydrogen-bond acceptors (Lipinski definition) is 8. The van der Waals surface area contributed by atoms with E-state index in [9.17, 15) is 44.3 Å². The molecule has 0 aromatic carbocycles. The summed E-state index contributed by atoms with van der Waals surface area (Å²) in [6, 6.07) is 3.99. The van der Waals surface area contributed by atoms with E-state index >= 15 is 0 Å². The van der Waals surface area contributed by atoms with Crippen molar-refractivity contribution in [3.8, 4) is 0 Å². The van der Waals surface area contributed by atoms with Gasteiger partial charge < -0.3 is 29.9 Å². The Balaban J connectivity index is 0.000000430. The van der Waals surface area contributed by atoms with Crippen molar-refractivity contribution in [1.82, 2.24) is 19.7 Å². The number of carbonyl (C=O) groups excluding carboxylic acids is 1. The number of hydrogen-bond donors (Lipinski definition) is 3. The van der Waals surface area contributed by atoms with Gasteiger partial charge in [0, 0.05) is 58.3 Å². The molecule has 47 heavy (non-hydrogen) atoms. The van der Waals surface area contributed by atoms with Crippen molar-refractivity contribution < 1.29 is 78.7 Å². The zero-order valence-corrected chi connectivity index (χ0v) is 24.7. The fraction of sp³-hybridized carbons (Fsp3) is 0.654. The van der Waals surface area contributed by atoms with Crippen molar-refractivity contribution >= 4 is 23.8 Å². The first-order valence-electron chi connectivity index (χ1n) is 13.6. The van der Waals surface area contributed by atoms with E-state index in [0.29, 0.717) is 18.4 Å². The number of nitrogens with zero attached hydrogens (tertiary/aromatic N) is 4. The topological polar surface area (TPSA) is 161 Å². The second-order valence-corrected chi connectivity index (χ2v) is 10.5. The third-order valence-corrected chi connectivity index (χ3v) is 7.17. The Morgan fingerprint density at radius 1 is 0.894 bits per heavy atom. The summed E-state index contributed by atoms with van der Waals surface area (Å²) in [6.07, 6.45) is -8.56. The van der Waals surface area contributed by atoms with E-state index in [1.165, 1.54) is 6.42 Å². The predicted octanol–water partition coefficient (Wildman–Crippen LogP) is 3.13. The van der Waals surface area contributed by atoms with Crippen LogP contribution in [0.4, 0.5) is 39.5 Å². The third kappa shape index (κ3) is 13.9. The van der Waals surface area contributed by atoms with E-state index in [1.54, 1.807) is 6.20 Å². The predicted molar refractivity (Wildman–Crippen MR) is 141 cm³/mol. The van der Waals surface area contributed by atoms with E-state index in [1.807, 2.05) is 17.2 Å². The molecule has 3 fully saturated rings. The fourth-order valence-electron chi connectivity index (χ4n) is 4.70. The van der Waals surface area contributed by atoms with Crippen molar-refractivity contribution in [2.75, 3.05) is 53.0 Å². The molecule has 268 valence electrons. The molecule has 1 spiro atoms. The number of carbonyl (C=O) groups is 4. The lowest BCUT2D eigenvalue weighted by Crippen LogP contribution is -2.67. The van der Waals surface area contributed by atoms with Crippen LogP contribution in [0.3, 0.4) is 0 Å². The molecule has 1 amide bonds. The van der Waals surface area contributed by atoms with Crippen LogP contribution in [0.5, 0.6) is 0 Å². The molecule has 21 heteroatoms. The van der Waals surface area contributed by atoms with Crippen LogP contribution in [0.25, 0.3) is 0 Å². The monoisotopic (exact) mass is 700 g/mol. The maximum Gasteiger partial charge on any atom is 0.490 e. The number of piperidine rings is 1. The first kappa shape index (κ1) is 41.3. The Labute approximate surface area is 261 Å². The molecule has 1 aromatic rings. The van der Waals surface area contributed by atoms with Crippen LogP contribution in [0, 0.1) is 5.92 Å². The molecule has 0 bridgehead atoms. The molecule has 0 saturated carbocycles. The standard InChI is InChI=1S/C20H30N4O2.3C2HF3O2/c1-22-10-11-24(15-17-3-2-7-21-13-17)19(25)20(22)5-8-23(9-6-20)14-18-4-12-26-16-18;3*3-2(4,5)1(6)7/h2-3,7,13,18H,4-6,8-12,14-16H2,1H3;3*(H,6,7). The van der Waals surface area contributed by atoms with Gasteiger partial charge in [-0.2, -0.15) is 39.5 Å². The lowest BCUT2D eigenvalue weighted by atomic mass is 9.82. The molecule has 4 rings (SSSR count). The largest absolute Gasteiger partial charge is 0.490 e. The van der Waals surface area contributed by atoms with Crippen LogP contribution in [0.1, 0.15) is 24.8 Å². The number of piperazine rings is 1. The number of amides is 1. The quantitative estimate of drug-likeness (QED) is 0.396. The van der Waals surface area contributed by atoms with Crippen LogP contribution in [0.2, 0.25) is 0 Å². The van der Waals surface area contributed by atoms with Crippen molar-refractivity contribution in [2.24, 2.45) is 5.92 Å². The summed E-state index contributed by atoms with van der Waals surface area (Å²) in [4.78, 5) is 51.2. The van der Waals surface area contributed by atoms with Gasteiger partial charge in [-0.1, -0.05) is 6.07 Å². The number of rotatable bonds is 4. The average molecular weight is 701 g/mol. The number of aromatic nitrogens is 1. The Kier molecular flexibility index (Phi) is 15.3. The number of aliphatic carboxylic acids is 3. The smallest absolute Gasteiger partial charge is 0.475 e. The highest BCUT2D eigenvalue weighted by atomic mass is 19.4. The first-order chi connectivity index (χ1) is 21.5. The van der Waals surface area contributed by atoms with Gasteiger partial charge in [0.05, 0.1) is 6.61 Å². The number of alkyl halides is 9. The van der Waals surface area contributed by atoms with Gasteiger partial charge in [-0.05, 0) is 43.9 Å². The number of halogens is 9. The zero-order valence-electron chi connectivity index (χ0n) is 24.7. The maximum atomic E-state index is 13.4. The van der Waals surface area contributed by atoms with Crippen LogP contribution in [0.15, 0.2) is 24.5 Å². The molecule has 4 heterocycles. The van der Waals surface area contributed by atoms with Crippen LogP contribution >= 0.6 is 0 Å². The minimum absolute atomic E-state index is 0.305. The van der Waals surface area contributed by atoms with E-state index in [4.69, 9.17) is 34.4 Å². The lowest BCUT2D eigenvalue weighted by Gasteiger charge is -2.51. The summed E-state index contributed by atoms with van der Waals surface area (Å²) < 4.78 is 101. The van der Waals surface area contributed by atoms with Crippen LogP contribution < -0.4 is 0 Å². The van der Waals surface area contributed by atoms with E-state index in [2.05, 4.69) is 27.9 Å². The number of carboxylic acid groups (broad SMARTS) is 3. The number of pyridine rings is 1. The normalized spacial score (nSPS) is 20.2. The minimum atomic E-state index is -5.08. The Morgan fingerprint density at radius 2 is 1.38 bits per heavy atom. The molecule has 1 atom stereocenters. The van der Waals surface area contributed by atoms with Gasteiger partial charge in [0.15, 0.2) is 0 Å². The Bertz CT molecular complexity index is 1110. The lowest BCUT2D eigenvalue weighted by molar-refractivity contribution is -0.193. The number of likely N-dealkylation sites (tertiary alicyclic amines) is 1. The highest BCUT2D eigenvalue weighted by molar-refractivity contribution is 5.87. The molecular formula is C26H33F9N4O8. The van der Waals surface area contributed by atoms with Crippen molar-refractivity contribution in [2.45, 2.75) is 49.9 Å². The van der Waals surface area contributed by atoms with Gasteiger partial charge in [0.2, 0.25) is 5.91 Å². The molecule has 0 aliphatic carbocycles. The van der Waals surface area contributed by atoms with Gasteiger partial charge in [-0.25, -0.2) is 14.4 Å². The molecule has 3 aliphatic rings. The molecule has 3 aliphatic heterocycles. The van der Waals surface area contributed by atoms with E-state index < -0.39 is 36.4 Å². The summed E-state index contributed by atoms with van der Waals surface area (Å²) in [5.41, 5.74) is 0.794. The Morgan fingerprint density at radius 3 is 1.77 bits per heavy atom. The van der Waals surface area contributed by atoms with Gasteiger partial charge in [0.25, 0.3) is 0 Å². The summed E-state index contributed by atoms with van der Waals surface area (Å²) in [5, 5.41) is 21.4. The van der Waals surface area contributed by atoms with Gasteiger partial charge >= 0.3 is 36.4 Å². The second-order valence-electron chi connectivity index (χ2n) is 10.5. The number of ether oxygens (including phenoxy) is 1. The van der Waals surface area contributed by atoms with Gasteiger partial charge in [-0.3, -0.25) is 14.7 Å². The highest BCUT2D eigenvalue weighted by Gasteiger charge is 2.49. The Hall–Kier alpha value is -3.72. The number of likely N-dealkylation sites (N-methyl/N-ethyl adjacent to an activating group) is 1. The summed E-state index contributed by atoms with van der Waals surface area (Å²) in [6.45, 7) is 7.36. The average Bonchev–Trinajstić information content (AvgIpc) is 3.48. The SMILES string of the molecule is CN1CCN(Cc2cccnc2)C(=O)C12CCN(CC1CCOC1)CC2.O=C(O)C(F)(F)F.O=C(O)C(F)(F)F.O=C(O)C(F)(F)F. The van der Waals surface area contributed by atoms with Gasteiger partial charge in [0.1, 0.15) is 5.54 Å². The molecule has 12 nitrogen and oxygen atoms in total. The summed E-state index contributed by atoms with van der Waals surface area (Å²) >= 11 is 0. The second kappa shape index (κ2) is 17.4. The molecule has 3 N–H and O–H groups in total. The van der Waals surface area contributed by atoms with Gasteiger partial charge in [-0.15, -0.1) is 0 Å². The summed E-state index contributed by atoms with van der Waals surface area (Å²) in [7, 11) is 2.12. The number of carboxylic acids is 3.